The molecule has 0 radical (unpaired) electrons. The average molecular weight is 292 g/mol. The first-order valence-corrected chi connectivity index (χ1v) is 8.35. The molecule has 4 heteroatoms. The van der Waals surface area contributed by atoms with E-state index in [1.165, 1.54) is 19.3 Å². The van der Waals surface area contributed by atoms with Crippen molar-refractivity contribution in [3.05, 3.63) is 0 Å². The Kier molecular flexibility index (Phi) is 3.53. The van der Waals surface area contributed by atoms with Crippen LogP contribution in [0.2, 0.25) is 0 Å². The molecular weight excluding hydrogens is 264 g/mol. The summed E-state index contributed by atoms with van der Waals surface area (Å²) in [4.78, 5) is 24.1. The second kappa shape index (κ2) is 4.99. The van der Waals surface area contributed by atoms with Crippen molar-refractivity contribution in [1.29, 1.82) is 0 Å². The molecule has 0 spiro atoms. The molecule has 21 heavy (non-hydrogen) atoms. The lowest BCUT2D eigenvalue weighted by atomic mass is 9.53. The predicted octanol–water partition coefficient (Wildman–Crippen LogP) is 2.23. The maximum absolute atomic E-state index is 12.2. The third-order valence-corrected chi connectivity index (χ3v) is 5.53. The number of nitrogens with one attached hydrogen (secondary N) is 2. The average Bonchev–Trinajstić information content (AvgIpc) is 2.32. The first-order chi connectivity index (χ1) is 9.76. The molecule has 4 bridgehead atoms. The van der Waals surface area contributed by atoms with Gasteiger partial charge in [0.25, 0.3) is 0 Å². The number of hydrogen-bond donors (Lipinski definition) is 2. The van der Waals surface area contributed by atoms with Crippen molar-refractivity contribution in [1.82, 2.24) is 10.6 Å². The molecule has 4 saturated carbocycles. The lowest BCUT2D eigenvalue weighted by Gasteiger charge is -2.56. The van der Waals surface area contributed by atoms with E-state index in [2.05, 4.69) is 10.6 Å². The van der Waals surface area contributed by atoms with Gasteiger partial charge < -0.3 is 10.6 Å². The number of rotatable bonds is 3. The van der Waals surface area contributed by atoms with E-state index in [9.17, 15) is 9.59 Å². The molecule has 0 unspecified atom stereocenters. The number of hydrogen-bond acceptors (Lipinski definition) is 2. The van der Waals surface area contributed by atoms with Crippen molar-refractivity contribution < 1.29 is 9.59 Å². The molecule has 2 amide bonds. The van der Waals surface area contributed by atoms with Crippen molar-refractivity contribution in [3.8, 4) is 0 Å². The molecule has 0 heterocycles. The van der Waals surface area contributed by atoms with Gasteiger partial charge in [0.2, 0.25) is 11.8 Å². The van der Waals surface area contributed by atoms with Crippen LogP contribution in [-0.2, 0) is 9.59 Å². The second-order valence-corrected chi connectivity index (χ2v) is 8.68. The minimum absolute atomic E-state index is 0.0189. The van der Waals surface area contributed by atoms with E-state index in [0.29, 0.717) is 0 Å². The van der Waals surface area contributed by atoms with E-state index in [4.69, 9.17) is 0 Å². The van der Waals surface area contributed by atoms with E-state index >= 15 is 0 Å². The molecule has 4 aliphatic carbocycles. The quantitative estimate of drug-likeness (QED) is 0.838. The van der Waals surface area contributed by atoms with Crippen LogP contribution in [0, 0.1) is 23.2 Å². The molecule has 118 valence electrons. The summed E-state index contributed by atoms with van der Waals surface area (Å²) in [5.74, 6) is 2.37. The predicted molar refractivity (Wildman–Crippen MR) is 81.5 cm³/mol. The molecule has 2 N–H and O–H groups in total. The monoisotopic (exact) mass is 292 g/mol. The maximum Gasteiger partial charge on any atom is 0.239 e. The molecule has 0 aromatic carbocycles. The summed E-state index contributed by atoms with van der Waals surface area (Å²) in [7, 11) is 0. The Labute approximate surface area is 127 Å². The van der Waals surface area contributed by atoms with Gasteiger partial charge in [-0.25, -0.2) is 0 Å². The molecule has 4 aliphatic rings. The SMILES string of the molecule is CC(C)(C)C(=O)NCC(=O)NC12CC3CC(CC(C3)C1)C2. The fourth-order valence-corrected chi connectivity index (χ4v) is 5.03. The highest BCUT2D eigenvalue weighted by molar-refractivity contribution is 5.87. The van der Waals surface area contributed by atoms with Crippen LogP contribution >= 0.6 is 0 Å². The minimum Gasteiger partial charge on any atom is -0.349 e. The van der Waals surface area contributed by atoms with Crippen LogP contribution in [0.4, 0.5) is 0 Å². The van der Waals surface area contributed by atoms with E-state index in [-0.39, 0.29) is 23.9 Å². The van der Waals surface area contributed by atoms with Crippen LogP contribution in [0.3, 0.4) is 0 Å². The van der Waals surface area contributed by atoms with Gasteiger partial charge in [-0.2, -0.15) is 0 Å². The van der Waals surface area contributed by atoms with Crippen LogP contribution in [0.15, 0.2) is 0 Å². The fraction of sp³-hybridized carbons (Fsp3) is 0.882. The Morgan fingerprint density at radius 1 is 1.00 bits per heavy atom. The largest absolute Gasteiger partial charge is 0.349 e. The molecule has 0 saturated heterocycles. The van der Waals surface area contributed by atoms with Gasteiger partial charge in [-0.05, 0) is 56.3 Å². The topological polar surface area (TPSA) is 58.2 Å². The summed E-state index contributed by atoms with van der Waals surface area (Å²) >= 11 is 0. The first-order valence-electron chi connectivity index (χ1n) is 8.35. The summed E-state index contributed by atoms with van der Waals surface area (Å²) in [6, 6.07) is 0. The number of amides is 2. The highest BCUT2D eigenvalue weighted by atomic mass is 16.2. The molecular formula is C17H28N2O2. The van der Waals surface area contributed by atoms with Gasteiger partial charge in [0.15, 0.2) is 0 Å². The van der Waals surface area contributed by atoms with Gasteiger partial charge in [0, 0.05) is 11.0 Å². The van der Waals surface area contributed by atoms with Crippen LogP contribution in [-0.4, -0.2) is 23.9 Å². The summed E-state index contributed by atoms with van der Waals surface area (Å²) in [6.07, 6.45) is 7.56. The van der Waals surface area contributed by atoms with Crippen LogP contribution < -0.4 is 10.6 Å². The Hall–Kier alpha value is -1.06. The van der Waals surface area contributed by atoms with Gasteiger partial charge >= 0.3 is 0 Å². The third-order valence-electron chi connectivity index (χ3n) is 5.53. The van der Waals surface area contributed by atoms with E-state index in [1.807, 2.05) is 20.8 Å². The molecule has 0 aromatic rings. The normalized spacial score (nSPS) is 37.4. The van der Waals surface area contributed by atoms with Gasteiger partial charge in [-0.1, -0.05) is 20.8 Å². The number of carbonyl (C=O) groups excluding carboxylic acids is 2. The minimum atomic E-state index is -0.443. The molecule has 0 aromatic heterocycles. The van der Waals surface area contributed by atoms with Crippen LogP contribution in [0.5, 0.6) is 0 Å². The van der Waals surface area contributed by atoms with Crippen LogP contribution in [0.25, 0.3) is 0 Å². The lowest BCUT2D eigenvalue weighted by molar-refractivity contribution is -0.133. The zero-order valence-electron chi connectivity index (χ0n) is 13.5. The summed E-state index contributed by atoms with van der Waals surface area (Å²) in [6.45, 7) is 5.69. The Bertz CT molecular complexity index is 415. The van der Waals surface area contributed by atoms with Crippen molar-refractivity contribution in [2.24, 2.45) is 23.2 Å². The van der Waals surface area contributed by atoms with Crippen molar-refractivity contribution in [2.45, 2.75) is 64.8 Å². The second-order valence-electron chi connectivity index (χ2n) is 8.68. The van der Waals surface area contributed by atoms with E-state index in [1.54, 1.807) is 0 Å². The van der Waals surface area contributed by atoms with Gasteiger partial charge in [0.1, 0.15) is 0 Å². The molecule has 0 aliphatic heterocycles. The molecule has 4 rings (SSSR count). The number of carbonyl (C=O) groups is 2. The molecule has 4 nitrogen and oxygen atoms in total. The van der Waals surface area contributed by atoms with E-state index < -0.39 is 5.41 Å². The first kappa shape index (κ1) is 14.9. The summed E-state index contributed by atoms with van der Waals surface area (Å²) in [5.41, 5.74) is -0.404. The zero-order valence-corrected chi connectivity index (χ0v) is 13.5. The van der Waals surface area contributed by atoms with Crippen molar-refractivity contribution in [3.63, 3.8) is 0 Å². The molecule has 0 atom stereocenters. The van der Waals surface area contributed by atoms with E-state index in [0.717, 1.165) is 37.0 Å². The Morgan fingerprint density at radius 3 is 1.90 bits per heavy atom. The van der Waals surface area contributed by atoms with Gasteiger partial charge in [-0.3, -0.25) is 9.59 Å². The highest BCUT2D eigenvalue weighted by Gasteiger charge is 2.51. The highest BCUT2D eigenvalue weighted by Crippen LogP contribution is 2.55. The fourth-order valence-electron chi connectivity index (χ4n) is 5.03. The standard InChI is InChI=1S/C17H28N2O2/c1-16(2,3)15(21)18-10-14(20)19-17-7-11-4-12(8-17)6-13(5-11)9-17/h11-13H,4-10H2,1-3H3,(H,18,21)(H,19,20). The lowest BCUT2D eigenvalue weighted by Crippen LogP contribution is -2.61. The maximum atomic E-state index is 12.2. The smallest absolute Gasteiger partial charge is 0.239 e. The Morgan fingerprint density at radius 2 is 1.48 bits per heavy atom. The van der Waals surface area contributed by atoms with Gasteiger partial charge in [-0.15, -0.1) is 0 Å². The zero-order chi connectivity index (χ0) is 15.3. The molecule has 4 fully saturated rings. The Balaban J connectivity index is 1.54. The van der Waals surface area contributed by atoms with Crippen molar-refractivity contribution >= 4 is 11.8 Å². The summed E-state index contributed by atoms with van der Waals surface area (Å²) in [5, 5.41) is 6.03. The van der Waals surface area contributed by atoms with Crippen LogP contribution in [0.1, 0.15) is 59.3 Å². The summed E-state index contributed by atoms with van der Waals surface area (Å²) < 4.78 is 0. The van der Waals surface area contributed by atoms with Gasteiger partial charge in [0.05, 0.1) is 6.54 Å². The third kappa shape index (κ3) is 3.09. The van der Waals surface area contributed by atoms with Crippen molar-refractivity contribution in [2.75, 3.05) is 6.54 Å².